The van der Waals surface area contributed by atoms with E-state index in [0.717, 1.165) is 17.0 Å². The maximum atomic E-state index is 12.6. The molecular weight excluding hydrogens is 394 g/mol. The monoisotopic (exact) mass is 414 g/mol. The molecule has 1 aromatic carbocycles. The van der Waals surface area contributed by atoms with E-state index in [1.165, 1.54) is 10.9 Å². The van der Waals surface area contributed by atoms with Crippen LogP contribution < -0.4 is 16.6 Å². The number of halogens is 2. The molecule has 0 bridgehead atoms. The standard InChI is InChI=1S/C19H20F2N8O/c1-12-16(8-27(25-12)10-18(20)21)26-28-9-17-15(23-11-28)6-24-29(17)7-13-4-2-3-5-14(13)19(22)30/h2-6,8-9,11,18,24,26H,7,10H2,1H3,(H2,22,30). The van der Waals surface area contributed by atoms with E-state index >= 15 is 0 Å². The van der Waals surface area contributed by atoms with E-state index in [1.54, 1.807) is 42.8 Å². The Morgan fingerprint density at radius 2 is 2.13 bits per heavy atom. The van der Waals surface area contributed by atoms with Crippen LogP contribution in [0.15, 0.2) is 59.2 Å². The number of carbonyl (C=O) groups is 1. The fraction of sp³-hybridized carbons (Fsp3) is 0.211. The maximum Gasteiger partial charge on any atom is 0.257 e. The van der Waals surface area contributed by atoms with Crippen molar-refractivity contribution in [2.75, 3.05) is 5.43 Å². The molecule has 0 unspecified atom stereocenters. The highest BCUT2D eigenvalue weighted by Gasteiger charge is 2.25. The number of hydrazine groups is 2. The lowest BCUT2D eigenvalue weighted by Gasteiger charge is -2.27. The van der Waals surface area contributed by atoms with Gasteiger partial charge in [0.25, 0.3) is 6.43 Å². The molecule has 4 N–H and O–H groups in total. The number of benzene rings is 1. The lowest BCUT2D eigenvalue weighted by molar-refractivity contribution is 0.0998. The topological polar surface area (TPSA) is 104 Å². The Morgan fingerprint density at radius 3 is 2.90 bits per heavy atom. The second kappa shape index (κ2) is 7.85. The number of rotatable bonds is 7. The number of nitrogens with zero attached hydrogens (tertiary/aromatic N) is 5. The maximum absolute atomic E-state index is 12.6. The van der Waals surface area contributed by atoms with Crippen LogP contribution in [0.3, 0.4) is 0 Å². The summed E-state index contributed by atoms with van der Waals surface area (Å²) in [4.78, 5) is 16.1. The van der Waals surface area contributed by atoms with E-state index in [9.17, 15) is 13.6 Å². The van der Waals surface area contributed by atoms with Crippen molar-refractivity contribution in [2.45, 2.75) is 26.4 Å². The molecule has 0 spiro atoms. The summed E-state index contributed by atoms with van der Waals surface area (Å²) >= 11 is 0. The minimum absolute atomic E-state index is 0.389. The molecule has 2 aliphatic rings. The Bertz CT molecular complexity index is 1060. The number of nitrogens with two attached hydrogens (primary N) is 1. The lowest BCUT2D eigenvalue weighted by Crippen LogP contribution is -2.33. The number of carbonyl (C=O) groups excluding carboxylic acids is 1. The van der Waals surface area contributed by atoms with Crippen molar-refractivity contribution >= 4 is 17.9 Å². The summed E-state index contributed by atoms with van der Waals surface area (Å²) in [6.45, 7) is 1.65. The van der Waals surface area contributed by atoms with Crippen LogP contribution in [0.5, 0.6) is 0 Å². The number of primary amides is 1. The first kappa shape index (κ1) is 19.4. The predicted octanol–water partition coefficient (Wildman–Crippen LogP) is 1.93. The molecular formula is C19H20F2N8O. The van der Waals surface area contributed by atoms with Crippen molar-refractivity contribution in [3.05, 3.63) is 71.1 Å². The van der Waals surface area contributed by atoms with Crippen LogP contribution in [0.4, 0.5) is 14.5 Å². The van der Waals surface area contributed by atoms with Gasteiger partial charge in [-0.1, -0.05) is 18.2 Å². The summed E-state index contributed by atoms with van der Waals surface area (Å²) < 4.78 is 26.4. The number of nitrogens with one attached hydrogen (secondary N) is 2. The minimum atomic E-state index is -2.48. The summed E-state index contributed by atoms with van der Waals surface area (Å²) in [6, 6.07) is 7.12. The SMILES string of the molecule is Cc1nn(CC(F)F)cc1NN1C=NC2=CNN(Cc3ccccc3C(N)=O)C2=C1. The summed E-state index contributed by atoms with van der Waals surface area (Å²) in [5.41, 5.74) is 15.6. The van der Waals surface area contributed by atoms with Crippen LogP contribution in [-0.4, -0.2) is 38.5 Å². The van der Waals surface area contributed by atoms with Crippen molar-refractivity contribution in [2.24, 2.45) is 10.7 Å². The summed E-state index contributed by atoms with van der Waals surface area (Å²) in [5.74, 6) is -0.492. The van der Waals surface area contributed by atoms with E-state index < -0.39 is 18.9 Å². The minimum Gasteiger partial charge on any atom is -0.366 e. The molecule has 0 radical (unpaired) electrons. The Labute approximate surface area is 171 Å². The zero-order chi connectivity index (χ0) is 21.3. The zero-order valence-corrected chi connectivity index (χ0v) is 16.1. The second-order valence-corrected chi connectivity index (χ2v) is 6.79. The van der Waals surface area contributed by atoms with Crippen LogP contribution in [0.2, 0.25) is 0 Å². The molecule has 0 atom stereocenters. The van der Waals surface area contributed by atoms with Gasteiger partial charge in [-0.3, -0.25) is 19.9 Å². The van der Waals surface area contributed by atoms with E-state index in [0.29, 0.717) is 23.5 Å². The van der Waals surface area contributed by atoms with Crippen molar-refractivity contribution in [3.8, 4) is 0 Å². The van der Waals surface area contributed by atoms with Crippen LogP contribution >= 0.6 is 0 Å². The molecule has 1 amide bonds. The summed E-state index contributed by atoms with van der Waals surface area (Å²) in [7, 11) is 0. The van der Waals surface area contributed by atoms with E-state index in [-0.39, 0.29) is 0 Å². The lowest BCUT2D eigenvalue weighted by atomic mass is 10.1. The highest BCUT2D eigenvalue weighted by Crippen LogP contribution is 2.26. The molecule has 11 heteroatoms. The smallest absolute Gasteiger partial charge is 0.257 e. The van der Waals surface area contributed by atoms with Gasteiger partial charge in [0.15, 0.2) is 0 Å². The van der Waals surface area contributed by atoms with Gasteiger partial charge >= 0.3 is 0 Å². The molecule has 2 aliphatic heterocycles. The van der Waals surface area contributed by atoms with Gasteiger partial charge in [0.1, 0.15) is 24.3 Å². The molecule has 9 nitrogen and oxygen atoms in total. The molecule has 2 aromatic rings. The Kier molecular flexibility index (Phi) is 5.09. The van der Waals surface area contributed by atoms with Gasteiger partial charge in [0.05, 0.1) is 30.3 Å². The number of fused-ring (bicyclic) bond motifs is 1. The molecule has 4 rings (SSSR count). The van der Waals surface area contributed by atoms with Crippen molar-refractivity contribution in [1.82, 2.24) is 25.2 Å². The molecule has 3 heterocycles. The van der Waals surface area contributed by atoms with Gasteiger partial charge in [-0.25, -0.2) is 18.8 Å². The molecule has 30 heavy (non-hydrogen) atoms. The summed E-state index contributed by atoms with van der Waals surface area (Å²) in [6.07, 6.45) is 4.16. The fourth-order valence-corrected chi connectivity index (χ4v) is 3.21. The number of amides is 1. The first-order valence-electron chi connectivity index (χ1n) is 9.16. The Morgan fingerprint density at radius 1 is 1.33 bits per heavy atom. The number of aryl methyl sites for hydroxylation is 1. The third-order valence-electron chi connectivity index (χ3n) is 4.63. The van der Waals surface area contributed by atoms with Crippen LogP contribution in [0.25, 0.3) is 0 Å². The van der Waals surface area contributed by atoms with Gasteiger partial charge in [-0.05, 0) is 18.6 Å². The number of alkyl halides is 2. The predicted molar refractivity (Wildman–Crippen MR) is 107 cm³/mol. The Hall–Kier alpha value is -3.89. The normalized spacial score (nSPS) is 15.1. The number of hydrogen-bond donors (Lipinski definition) is 3. The largest absolute Gasteiger partial charge is 0.366 e. The highest BCUT2D eigenvalue weighted by atomic mass is 19.3. The first-order valence-corrected chi connectivity index (χ1v) is 9.16. The second-order valence-electron chi connectivity index (χ2n) is 6.79. The van der Waals surface area contributed by atoms with Gasteiger partial charge in [0, 0.05) is 11.8 Å². The zero-order valence-electron chi connectivity index (χ0n) is 16.1. The van der Waals surface area contributed by atoms with Gasteiger partial charge in [0.2, 0.25) is 5.91 Å². The number of aromatic nitrogens is 2. The van der Waals surface area contributed by atoms with E-state index in [1.807, 2.05) is 17.1 Å². The van der Waals surface area contributed by atoms with Crippen LogP contribution in [0.1, 0.15) is 21.6 Å². The molecule has 1 aromatic heterocycles. The average molecular weight is 414 g/mol. The Balaban J connectivity index is 1.51. The molecule has 0 saturated heterocycles. The number of hydrogen-bond acceptors (Lipinski definition) is 7. The van der Waals surface area contributed by atoms with Crippen LogP contribution in [-0.2, 0) is 13.1 Å². The van der Waals surface area contributed by atoms with E-state index in [4.69, 9.17) is 5.73 Å². The van der Waals surface area contributed by atoms with Crippen molar-refractivity contribution in [1.29, 1.82) is 0 Å². The van der Waals surface area contributed by atoms with Gasteiger partial charge < -0.3 is 11.2 Å². The van der Waals surface area contributed by atoms with Crippen molar-refractivity contribution < 1.29 is 13.6 Å². The summed E-state index contributed by atoms with van der Waals surface area (Å²) in [5, 5.41) is 7.53. The third kappa shape index (κ3) is 3.95. The van der Waals surface area contributed by atoms with Crippen LogP contribution in [0, 0.1) is 6.92 Å². The number of aliphatic imine (C=N–C) groups is 1. The van der Waals surface area contributed by atoms with Gasteiger partial charge in [-0.15, -0.1) is 0 Å². The quantitative estimate of drug-likeness (QED) is 0.640. The molecule has 0 fully saturated rings. The number of anilines is 1. The highest BCUT2D eigenvalue weighted by molar-refractivity contribution is 5.94. The molecule has 156 valence electrons. The average Bonchev–Trinajstić information content (AvgIpc) is 3.24. The van der Waals surface area contributed by atoms with E-state index in [2.05, 4.69) is 20.9 Å². The first-order chi connectivity index (χ1) is 14.4. The molecule has 0 aliphatic carbocycles. The van der Waals surface area contributed by atoms with Crippen molar-refractivity contribution in [3.63, 3.8) is 0 Å². The fourth-order valence-electron chi connectivity index (χ4n) is 3.21. The van der Waals surface area contributed by atoms with Gasteiger partial charge in [-0.2, -0.15) is 5.10 Å². The molecule has 0 saturated carbocycles. The third-order valence-corrected chi connectivity index (χ3v) is 4.63.